The summed E-state index contributed by atoms with van der Waals surface area (Å²) in [5.41, 5.74) is 1.54. The van der Waals surface area contributed by atoms with Crippen LogP contribution in [0.2, 0.25) is 10.0 Å². The van der Waals surface area contributed by atoms with Gasteiger partial charge in [-0.05, 0) is 41.5 Å². The first-order chi connectivity index (χ1) is 13.9. The van der Waals surface area contributed by atoms with E-state index in [1.54, 1.807) is 36.4 Å². The van der Waals surface area contributed by atoms with Crippen molar-refractivity contribution in [3.63, 3.8) is 0 Å². The predicted octanol–water partition coefficient (Wildman–Crippen LogP) is 4.91. The minimum atomic E-state index is -0.528. The van der Waals surface area contributed by atoms with Crippen LogP contribution in [-0.2, 0) is 0 Å². The second kappa shape index (κ2) is 8.48. The summed E-state index contributed by atoms with van der Waals surface area (Å²) in [5, 5.41) is 10.3. The number of ether oxygens (including phenoxy) is 3. The number of hydrogen-bond acceptors (Lipinski definition) is 5. The molecule has 0 bridgehead atoms. The number of aromatic nitrogens is 1. The summed E-state index contributed by atoms with van der Waals surface area (Å²) in [6.45, 7) is 0. The Kier molecular flexibility index (Phi) is 6.02. The highest BCUT2D eigenvalue weighted by atomic mass is 35.5. The van der Waals surface area contributed by atoms with Crippen LogP contribution < -0.4 is 19.8 Å². The molecule has 0 fully saturated rings. The molecule has 8 heteroatoms. The highest BCUT2D eigenvalue weighted by molar-refractivity contribution is 6.42. The SMILES string of the molecule is COc1cc(-c2cc(-c3ccc(Cl)c(Cl)c3)[nH]c(=O)c2C#N)cc(OC)c1OC. The first-order valence-electron chi connectivity index (χ1n) is 8.36. The second-order valence-corrected chi connectivity index (χ2v) is 6.77. The number of pyridine rings is 1. The Morgan fingerprint density at radius 2 is 1.55 bits per heavy atom. The van der Waals surface area contributed by atoms with Crippen molar-refractivity contribution < 1.29 is 14.2 Å². The summed E-state index contributed by atoms with van der Waals surface area (Å²) in [5.74, 6) is 1.22. The van der Waals surface area contributed by atoms with Gasteiger partial charge < -0.3 is 19.2 Å². The number of benzene rings is 2. The molecule has 0 atom stereocenters. The molecule has 0 aliphatic carbocycles. The Bertz CT molecular complexity index is 1160. The number of nitrogens with one attached hydrogen (secondary N) is 1. The van der Waals surface area contributed by atoms with Gasteiger partial charge in [0.25, 0.3) is 5.56 Å². The first kappa shape index (κ1) is 20.6. The molecule has 1 heterocycles. The van der Waals surface area contributed by atoms with Gasteiger partial charge in [-0.25, -0.2) is 0 Å². The largest absolute Gasteiger partial charge is 0.493 e. The molecule has 29 heavy (non-hydrogen) atoms. The molecule has 1 N–H and O–H groups in total. The highest BCUT2D eigenvalue weighted by Gasteiger charge is 2.18. The summed E-state index contributed by atoms with van der Waals surface area (Å²) in [4.78, 5) is 15.3. The fourth-order valence-corrected chi connectivity index (χ4v) is 3.25. The number of halogens is 2. The molecule has 2 aromatic carbocycles. The van der Waals surface area contributed by atoms with Crippen LogP contribution in [0, 0.1) is 11.3 Å². The Labute approximate surface area is 177 Å². The average Bonchev–Trinajstić information content (AvgIpc) is 2.73. The third kappa shape index (κ3) is 3.88. The maximum absolute atomic E-state index is 12.6. The van der Waals surface area contributed by atoms with Crippen molar-refractivity contribution in [2.75, 3.05) is 21.3 Å². The fourth-order valence-electron chi connectivity index (χ4n) is 2.95. The van der Waals surface area contributed by atoms with Crippen LogP contribution in [0.3, 0.4) is 0 Å². The van der Waals surface area contributed by atoms with Gasteiger partial charge in [0, 0.05) is 11.3 Å². The van der Waals surface area contributed by atoms with E-state index in [2.05, 4.69) is 4.98 Å². The summed E-state index contributed by atoms with van der Waals surface area (Å²) >= 11 is 12.1. The van der Waals surface area contributed by atoms with E-state index in [1.807, 2.05) is 6.07 Å². The topological polar surface area (TPSA) is 84.3 Å². The zero-order valence-corrected chi connectivity index (χ0v) is 17.3. The van der Waals surface area contributed by atoms with Gasteiger partial charge in [-0.2, -0.15) is 5.26 Å². The number of nitrogens with zero attached hydrogens (tertiary/aromatic N) is 1. The van der Waals surface area contributed by atoms with Gasteiger partial charge in [0.2, 0.25) is 5.75 Å². The minimum absolute atomic E-state index is 0.0388. The lowest BCUT2D eigenvalue weighted by atomic mass is 9.98. The molecule has 0 aliphatic heterocycles. The minimum Gasteiger partial charge on any atom is -0.493 e. The van der Waals surface area contributed by atoms with E-state index in [4.69, 9.17) is 37.4 Å². The molecule has 0 radical (unpaired) electrons. The smallest absolute Gasteiger partial charge is 0.266 e. The van der Waals surface area contributed by atoms with Gasteiger partial charge in [0.15, 0.2) is 11.5 Å². The van der Waals surface area contributed by atoms with E-state index in [9.17, 15) is 10.1 Å². The van der Waals surface area contributed by atoms with Gasteiger partial charge in [-0.1, -0.05) is 29.3 Å². The lowest BCUT2D eigenvalue weighted by Crippen LogP contribution is -2.12. The monoisotopic (exact) mass is 430 g/mol. The summed E-state index contributed by atoms with van der Waals surface area (Å²) in [7, 11) is 4.48. The Morgan fingerprint density at radius 3 is 2.07 bits per heavy atom. The van der Waals surface area contributed by atoms with Crippen LogP contribution >= 0.6 is 23.2 Å². The van der Waals surface area contributed by atoms with Crippen LogP contribution in [-0.4, -0.2) is 26.3 Å². The van der Waals surface area contributed by atoms with Crippen molar-refractivity contribution in [3.05, 3.63) is 62.4 Å². The number of methoxy groups -OCH3 is 3. The van der Waals surface area contributed by atoms with Crippen LogP contribution in [0.4, 0.5) is 0 Å². The lowest BCUT2D eigenvalue weighted by molar-refractivity contribution is 0.324. The maximum atomic E-state index is 12.6. The molecular weight excluding hydrogens is 415 g/mol. The van der Waals surface area contributed by atoms with Crippen LogP contribution in [0.1, 0.15) is 5.56 Å². The van der Waals surface area contributed by atoms with Gasteiger partial charge in [-0.3, -0.25) is 4.79 Å². The van der Waals surface area contributed by atoms with Crippen molar-refractivity contribution in [3.8, 4) is 45.7 Å². The standard InChI is InChI=1S/C21H16Cl2N2O4/c1-27-18-7-12(8-19(28-2)20(18)29-3)13-9-17(25-21(26)14(13)10-24)11-4-5-15(22)16(23)6-11/h4-9H,1-3H3,(H,25,26). The lowest BCUT2D eigenvalue weighted by Gasteiger charge is -2.15. The van der Waals surface area contributed by atoms with Crippen molar-refractivity contribution >= 4 is 23.2 Å². The molecule has 0 saturated carbocycles. The zero-order valence-electron chi connectivity index (χ0n) is 15.8. The number of nitriles is 1. The predicted molar refractivity (Wildman–Crippen MR) is 112 cm³/mol. The van der Waals surface area contributed by atoms with E-state index in [0.717, 1.165) is 0 Å². The zero-order chi connectivity index (χ0) is 21.1. The summed E-state index contributed by atoms with van der Waals surface area (Å²) < 4.78 is 16.1. The van der Waals surface area contributed by atoms with Gasteiger partial charge >= 0.3 is 0 Å². The molecule has 148 valence electrons. The molecule has 1 aromatic heterocycles. The number of hydrogen-bond donors (Lipinski definition) is 1. The normalized spacial score (nSPS) is 10.3. The molecule has 0 amide bonds. The third-order valence-corrected chi connectivity index (χ3v) is 5.09. The van der Waals surface area contributed by atoms with Gasteiger partial charge in [-0.15, -0.1) is 0 Å². The molecule has 3 rings (SSSR count). The van der Waals surface area contributed by atoms with Crippen molar-refractivity contribution in [1.82, 2.24) is 4.98 Å². The highest BCUT2D eigenvalue weighted by Crippen LogP contribution is 2.42. The van der Waals surface area contributed by atoms with Gasteiger partial charge in [0.1, 0.15) is 11.6 Å². The number of H-pyrrole nitrogens is 1. The Hall–Kier alpha value is -3.14. The van der Waals surface area contributed by atoms with E-state index in [1.165, 1.54) is 21.3 Å². The molecule has 0 unspecified atom stereocenters. The summed E-state index contributed by atoms with van der Waals surface area (Å²) in [6, 6.07) is 12.0. The van der Waals surface area contributed by atoms with E-state index in [-0.39, 0.29) is 5.56 Å². The van der Waals surface area contributed by atoms with Crippen LogP contribution in [0.5, 0.6) is 17.2 Å². The number of aromatic amines is 1. The number of rotatable bonds is 5. The van der Waals surface area contributed by atoms with E-state index in [0.29, 0.717) is 49.7 Å². The van der Waals surface area contributed by atoms with E-state index >= 15 is 0 Å². The first-order valence-corrected chi connectivity index (χ1v) is 9.12. The van der Waals surface area contributed by atoms with Gasteiger partial charge in [0.05, 0.1) is 31.4 Å². The van der Waals surface area contributed by atoms with E-state index < -0.39 is 5.56 Å². The molecule has 0 spiro atoms. The Balaban J connectivity index is 2.29. The summed E-state index contributed by atoms with van der Waals surface area (Å²) in [6.07, 6.45) is 0. The quantitative estimate of drug-likeness (QED) is 0.621. The maximum Gasteiger partial charge on any atom is 0.266 e. The fraction of sp³-hybridized carbons (Fsp3) is 0.143. The van der Waals surface area contributed by atoms with Crippen molar-refractivity contribution in [2.45, 2.75) is 0 Å². The Morgan fingerprint density at radius 1 is 0.897 bits per heavy atom. The van der Waals surface area contributed by atoms with Crippen LogP contribution in [0.15, 0.2) is 41.2 Å². The van der Waals surface area contributed by atoms with Crippen molar-refractivity contribution in [1.29, 1.82) is 5.26 Å². The third-order valence-electron chi connectivity index (χ3n) is 4.35. The molecule has 6 nitrogen and oxygen atoms in total. The average molecular weight is 431 g/mol. The molecule has 3 aromatic rings. The second-order valence-electron chi connectivity index (χ2n) is 5.96. The van der Waals surface area contributed by atoms with Crippen LogP contribution in [0.25, 0.3) is 22.4 Å². The molecular formula is C21H16Cl2N2O4. The molecule has 0 saturated heterocycles. The molecule has 0 aliphatic rings. The van der Waals surface area contributed by atoms with Crippen molar-refractivity contribution in [2.24, 2.45) is 0 Å².